The third-order valence-electron chi connectivity index (χ3n) is 5.02. The van der Waals surface area contributed by atoms with Crippen molar-refractivity contribution in [3.05, 3.63) is 72.4 Å². The highest BCUT2D eigenvalue weighted by atomic mass is 16.2. The van der Waals surface area contributed by atoms with Gasteiger partial charge in [-0.05, 0) is 30.2 Å². The van der Waals surface area contributed by atoms with E-state index in [0.717, 1.165) is 23.4 Å². The summed E-state index contributed by atoms with van der Waals surface area (Å²) in [6.07, 6.45) is 2.85. The van der Waals surface area contributed by atoms with Crippen LogP contribution in [0, 0.1) is 5.92 Å². The fourth-order valence-electron chi connectivity index (χ4n) is 3.53. The molecule has 0 spiro atoms. The minimum Gasteiger partial charge on any atom is -0.311 e. The second kappa shape index (κ2) is 7.68. The van der Waals surface area contributed by atoms with Crippen LogP contribution in [0.1, 0.15) is 18.9 Å². The molecule has 1 unspecified atom stereocenters. The number of carbonyl (C=O) groups is 2. The van der Waals surface area contributed by atoms with Gasteiger partial charge in [0.2, 0.25) is 11.8 Å². The van der Waals surface area contributed by atoms with E-state index >= 15 is 0 Å². The van der Waals surface area contributed by atoms with Crippen LogP contribution >= 0.6 is 0 Å². The van der Waals surface area contributed by atoms with Crippen molar-refractivity contribution < 1.29 is 9.59 Å². The maximum absolute atomic E-state index is 12.7. The van der Waals surface area contributed by atoms with Crippen molar-refractivity contribution >= 4 is 23.3 Å². The molecule has 6 heteroatoms. The fraction of sp³-hybridized carbons (Fsp3) is 0.227. The van der Waals surface area contributed by atoms with Crippen LogP contribution in [0.3, 0.4) is 0 Å². The van der Waals surface area contributed by atoms with Gasteiger partial charge >= 0.3 is 0 Å². The van der Waals surface area contributed by atoms with Gasteiger partial charge in [-0.3, -0.25) is 9.59 Å². The van der Waals surface area contributed by atoms with Gasteiger partial charge in [-0.1, -0.05) is 43.3 Å². The number of nitrogens with one attached hydrogen (secondary N) is 1. The molecule has 1 N–H and O–H groups in total. The lowest BCUT2D eigenvalue weighted by molar-refractivity contribution is -0.122. The van der Waals surface area contributed by atoms with E-state index in [1.165, 1.54) is 0 Å². The van der Waals surface area contributed by atoms with Gasteiger partial charge in [0.1, 0.15) is 0 Å². The highest BCUT2D eigenvalue weighted by Crippen LogP contribution is 2.29. The number of amides is 2. The number of hydrogen-bond donors (Lipinski definition) is 1. The van der Waals surface area contributed by atoms with Crippen molar-refractivity contribution in [3.8, 4) is 5.69 Å². The zero-order valence-corrected chi connectivity index (χ0v) is 15.7. The summed E-state index contributed by atoms with van der Waals surface area (Å²) >= 11 is 0. The van der Waals surface area contributed by atoms with Crippen molar-refractivity contribution in [1.82, 2.24) is 9.78 Å². The molecule has 0 bridgehead atoms. The Kier molecular flexibility index (Phi) is 4.93. The van der Waals surface area contributed by atoms with E-state index < -0.39 is 0 Å². The molecule has 1 aliphatic heterocycles. The van der Waals surface area contributed by atoms with E-state index in [1.807, 2.05) is 54.6 Å². The van der Waals surface area contributed by atoms with Gasteiger partial charge in [0.05, 0.1) is 11.6 Å². The van der Waals surface area contributed by atoms with Crippen molar-refractivity contribution in [2.75, 3.05) is 16.8 Å². The van der Waals surface area contributed by atoms with Gasteiger partial charge in [0, 0.05) is 30.9 Å². The number of carbonyl (C=O) groups excluding carboxylic acids is 2. The molecule has 4 rings (SSSR count). The van der Waals surface area contributed by atoms with Crippen LogP contribution in [-0.2, 0) is 16.0 Å². The summed E-state index contributed by atoms with van der Waals surface area (Å²) in [5.41, 5.74) is 2.93. The summed E-state index contributed by atoms with van der Waals surface area (Å²) in [6.45, 7) is 2.45. The van der Waals surface area contributed by atoms with Crippen molar-refractivity contribution in [2.45, 2.75) is 19.8 Å². The van der Waals surface area contributed by atoms with Gasteiger partial charge in [0.25, 0.3) is 0 Å². The molecule has 1 saturated heterocycles. The highest BCUT2D eigenvalue weighted by molar-refractivity contribution is 6.03. The largest absolute Gasteiger partial charge is 0.311 e. The lowest BCUT2D eigenvalue weighted by Crippen LogP contribution is -2.28. The minimum absolute atomic E-state index is 0.0177. The average Bonchev–Trinajstić information content (AvgIpc) is 3.35. The first kappa shape index (κ1) is 18.0. The summed E-state index contributed by atoms with van der Waals surface area (Å²) in [7, 11) is 0. The van der Waals surface area contributed by atoms with E-state index in [0.29, 0.717) is 12.4 Å². The Bertz CT molecular complexity index is 997. The predicted molar refractivity (Wildman–Crippen MR) is 108 cm³/mol. The Morgan fingerprint density at radius 3 is 2.64 bits per heavy atom. The number of aryl methyl sites for hydroxylation is 1. The second-order valence-corrected chi connectivity index (χ2v) is 6.86. The van der Waals surface area contributed by atoms with Crippen LogP contribution in [0.4, 0.5) is 11.5 Å². The standard InChI is InChI=1S/C22H22N4O2/c1-2-16-8-6-7-11-19(16)25-15-17(14-21(25)27)22(28)23-20-12-13-26(24-20)18-9-4-3-5-10-18/h3-13,17H,2,14-15H2,1H3,(H,23,24,28). The number of rotatable bonds is 5. The quantitative estimate of drug-likeness (QED) is 0.744. The van der Waals surface area contributed by atoms with Gasteiger partial charge in [-0.15, -0.1) is 0 Å². The normalized spacial score (nSPS) is 16.4. The number of hydrogen-bond acceptors (Lipinski definition) is 3. The Morgan fingerprint density at radius 2 is 1.86 bits per heavy atom. The Balaban J connectivity index is 1.45. The lowest BCUT2D eigenvalue weighted by atomic mass is 10.1. The molecule has 142 valence electrons. The molecule has 0 radical (unpaired) electrons. The molecule has 2 aromatic carbocycles. The molecule has 1 aliphatic rings. The van der Waals surface area contributed by atoms with E-state index in [-0.39, 0.29) is 24.2 Å². The van der Waals surface area contributed by atoms with E-state index in [1.54, 1.807) is 21.8 Å². The zero-order valence-electron chi connectivity index (χ0n) is 15.7. The van der Waals surface area contributed by atoms with Crippen LogP contribution in [0.5, 0.6) is 0 Å². The van der Waals surface area contributed by atoms with Crippen LogP contribution in [0.25, 0.3) is 5.69 Å². The third kappa shape index (κ3) is 3.53. The first-order chi connectivity index (χ1) is 13.7. The summed E-state index contributed by atoms with van der Waals surface area (Å²) in [4.78, 5) is 27.0. The van der Waals surface area contributed by atoms with Crippen LogP contribution in [-0.4, -0.2) is 28.1 Å². The Hall–Kier alpha value is -3.41. The van der Waals surface area contributed by atoms with Crippen LogP contribution in [0.15, 0.2) is 66.9 Å². The van der Waals surface area contributed by atoms with Gasteiger partial charge in [0.15, 0.2) is 5.82 Å². The molecule has 28 heavy (non-hydrogen) atoms. The molecule has 1 fully saturated rings. The number of nitrogens with zero attached hydrogens (tertiary/aromatic N) is 3. The van der Waals surface area contributed by atoms with Crippen molar-refractivity contribution in [3.63, 3.8) is 0 Å². The molecule has 1 aromatic heterocycles. The van der Waals surface area contributed by atoms with Crippen LogP contribution in [0.2, 0.25) is 0 Å². The molecule has 2 heterocycles. The smallest absolute Gasteiger partial charge is 0.231 e. The lowest BCUT2D eigenvalue weighted by Gasteiger charge is -2.19. The third-order valence-corrected chi connectivity index (χ3v) is 5.02. The maximum atomic E-state index is 12.7. The second-order valence-electron chi connectivity index (χ2n) is 6.86. The average molecular weight is 374 g/mol. The number of benzene rings is 2. The van der Waals surface area contributed by atoms with E-state index in [2.05, 4.69) is 17.3 Å². The fourth-order valence-corrected chi connectivity index (χ4v) is 3.53. The number of aromatic nitrogens is 2. The van der Waals surface area contributed by atoms with Crippen LogP contribution < -0.4 is 10.2 Å². The maximum Gasteiger partial charge on any atom is 0.231 e. The van der Waals surface area contributed by atoms with Gasteiger partial charge in [-0.2, -0.15) is 5.10 Å². The summed E-state index contributed by atoms with van der Waals surface area (Å²) in [6, 6.07) is 19.3. The van der Waals surface area contributed by atoms with Gasteiger partial charge < -0.3 is 10.2 Å². The number of para-hydroxylation sites is 2. The first-order valence-electron chi connectivity index (χ1n) is 9.46. The molecular formula is C22H22N4O2. The molecule has 6 nitrogen and oxygen atoms in total. The summed E-state index contributed by atoms with van der Waals surface area (Å²) in [5.74, 6) is -0.105. The molecule has 0 saturated carbocycles. The van der Waals surface area contributed by atoms with Gasteiger partial charge in [-0.25, -0.2) is 4.68 Å². The molecular weight excluding hydrogens is 352 g/mol. The zero-order chi connectivity index (χ0) is 19.5. The molecule has 3 aromatic rings. The monoisotopic (exact) mass is 374 g/mol. The SMILES string of the molecule is CCc1ccccc1N1CC(C(=O)Nc2ccn(-c3ccccc3)n2)CC1=O. The topological polar surface area (TPSA) is 67.2 Å². The highest BCUT2D eigenvalue weighted by Gasteiger charge is 2.36. The Morgan fingerprint density at radius 1 is 1.11 bits per heavy atom. The van der Waals surface area contributed by atoms with Crippen molar-refractivity contribution in [2.24, 2.45) is 5.92 Å². The number of anilines is 2. The molecule has 0 aliphatic carbocycles. The first-order valence-corrected chi connectivity index (χ1v) is 9.46. The van der Waals surface area contributed by atoms with Crippen molar-refractivity contribution in [1.29, 1.82) is 0 Å². The summed E-state index contributed by atoms with van der Waals surface area (Å²) in [5, 5.41) is 7.25. The minimum atomic E-state index is -0.390. The summed E-state index contributed by atoms with van der Waals surface area (Å²) < 4.78 is 1.71. The molecule has 2 amide bonds. The van der Waals surface area contributed by atoms with E-state index in [9.17, 15) is 9.59 Å². The predicted octanol–water partition coefficient (Wildman–Crippen LogP) is 3.43. The van der Waals surface area contributed by atoms with E-state index in [4.69, 9.17) is 0 Å². The molecule has 1 atom stereocenters. The Labute approximate surface area is 163 Å².